The van der Waals surface area contributed by atoms with Crippen LogP contribution in [0.5, 0.6) is 0 Å². The Balaban J connectivity index is 1.70. The van der Waals surface area contributed by atoms with E-state index in [-0.39, 0.29) is 16.6 Å². The molecule has 1 amide bonds. The van der Waals surface area contributed by atoms with E-state index in [4.69, 9.17) is 0 Å². The molecule has 2 heterocycles. The highest BCUT2D eigenvalue weighted by atomic mass is 79.9. The molecular weight excluding hydrogens is 436 g/mol. The zero-order chi connectivity index (χ0) is 19.6. The number of carbonyl (C=O) groups is 1. The van der Waals surface area contributed by atoms with Gasteiger partial charge in [-0.15, -0.1) is 0 Å². The second-order valence-corrected chi connectivity index (χ2v) is 9.92. The van der Waals surface area contributed by atoms with Gasteiger partial charge in [-0.3, -0.25) is 13.9 Å². The van der Waals surface area contributed by atoms with Crippen LogP contribution in [0.2, 0.25) is 0 Å². The summed E-state index contributed by atoms with van der Waals surface area (Å²) in [7, 11) is -0.868. The largest absolute Gasteiger partial charge is 0.328 e. The van der Waals surface area contributed by atoms with Gasteiger partial charge in [0.2, 0.25) is 5.91 Å². The van der Waals surface area contributed by atoms with Crippen LogP contribution < -0.4 is 15.7 Å². The molecule has 4 rings (SSSR count). The molecule has 27 heavy (non-hydrogen) atoms. The van der Waals surface area contributed by atoms with Crippen molar-refractivity contribution in [3.05, 3.63) is 27.1 Å². The minimum absolute atomic E-state index is 0.0357. The molecule has 8 nitrogen and oxygen atoms in total. The molecule has 2 aromatic rings. The van der Waals surface area contributed by atoms with Crippen LogP contribution in [0.1, 0.15) is 25.7 Å². The van der Waals surface area contributed by atoms with Crippen LogP contribution >= 0.6 is 15.9 Å². The highest BCUT2D eigenvalue weighted by molar-refractivity contribution is 9.10. The zero-order valence-corrected chi connectivity index (χ0v) is 17.5. The fourth-order valence-corrected chi connectivity index (χ4v) is 6.12. The van der Waals surface area contributed by atoms with Crippen molar-refractivity contribution in [3.63, 3.8) is 0 Å². The monoisotopic (exact) mass is 456 g/mol. The number of amides is 1. The van der Waals surface area contributed by atoms with Crippen molar-refractivity contribution in [2.24, 2.45) is 19.5 Å². The number of nitrogens with zero attached hydrogens (tertiary/aromatic N) is 2. The molecular formula is C17H21BrN4O4S. The van der Waals surface area contributed by atoms with E-state index in [0.29, 0.717) is 28.3 Å². The molecule has 2 fully saturated rings. The Labute approximate surface area is 165 Å². The highest BCUT2D eigenvalue weighted by Gasteiger charge is 2.56. The van der Waals surface area contributed by atoms with Crippen LogP contribution in [0.25, 0.3) is 11.0 Å². The lowest BCUT2D eigenvalue weighted by Gasteiger charge is -2.22. The minimum atomic E-state index is -4.07. The lowest BCUT2D eigenvalue weighted by atomic mass is 9.94. The summed E-state index contributed by atoms with van der Waals surface area (Å²) in [5.74, 6) is -0.448. The van der Waals surface area contributed by atoms with Crippen LogP contribution in [0.4, 0.5) is 0 Å². The van der Waals surface area contributed by atoms with Gasteiger partial charge in [0.1, 0.15) is 4.90 Å². The summed E-state index contributed by atoms with van der Waals surface area (Å²) in [6.45, 7) is 0.858. The number of benzene rings is 1. The van der Waals surface area contributed by atoms with Crippen molar-refractivity contribution in [3.8, 4) is 0 Å². The maximum atomic E-state index is 12.9. The third-order valence-electron chi connectivity index (χ3n) is 5.81. The molecule has 0 spiro atoms. The third-order valence-corrected chi connectivity index (χ3v) is 8.10. The van der Waals surface area contributed by atoms with Gasteiger partial charge in [-0.25, -0.2) is 17.9 Å². The quantitative estimate of drug-likeness (QED) is 0.713. The first-order valence-electron chi connectivity index (χ1n) is 8.83. The number of hydrogen-bond acceptors (Lipinski definition) is 5. The van der Waals surface area contributed by atoms with Gasteiger partial charge < -0.3 is 5.32 Å². The fourth-order valence-electron chi connectivity index (χ4n) is 4.01. The SMILES string of the molecule is Cn1c(=O)n(C)c2cc(S(=O)(=O)NC(=O)C3(C4CCCN4)CC3)c(Br)cc21. The second-order valence-electron chi connectivity index (χ2n) is 7.41. The Bertz CT molecular complexity index is 1110. The number of imidazole rings is 1. The van der Waals surface area contributed by atoms with Crippen molar-refractivity contribution in [1.82, 2.24) is 19.2 Å². The van der Waals surface area contributed by atoms with Gasteiger partial charge in [0.25, 0.3) is 10.0 Å². The fraction of sp³-hybridized carbons (Fsp3) is 0.529. The first kappa shape index (κ1) is 18.7. The number of halogens is 1. The topological polar surface area (TPSA) is 102 Å². The van der Waals surface area contributed by atoms with E-state index < -0.39 is 21.3 Å². The predicted molar refractivity (Wildman–Crippen MR) is 104 cm³/mol. The summed E-state index contributed by atoms with van der Waals surface area (Å²) in [4.78, 5) is 24.9. The van der Waals surface area contributed by atoms with Gasteiger partial charge in [-0.1, -0.05) is 0 Å². The van der Waals surface area contributed by atoms with E-state index in [0.717, 1.165) is 19.4 Å². The third kappa shape index (κ3) is 2.85. The highest BCUT2D eigenvalue weighted by Crippen LogP contribution is 2.51. The number of hydrogen-bond donors (Lipinski definition) is 2. The standard InChI is InChI=1S/C17H21BrN4O4S/c1-21-11-8-10(18)13(9-12(11)22(2)16(21)24)27(25,26)20-15(23)17(5-6-17)14-4-3-7-19-14/h8-9,14,19H,3-7H2,1-2H3,(H,20,23). The molecule has 1 aliphatic carbocycles. The molecule has 1 saturated heterocycles. The van der Waals surface area contributed by atoms with E-state index in [1.807, 2.05) is 0 Å². The van der Waals surface area contributed by atoms with Crippen molar-refractivity contribution in [2.45, 2.75) is 36.6 Å². The maximum absolute atomic E-state index is 12.9. The number of fused-ring (bicyclic) bond motifs is 1. The minimum Gasteiger partial charge on any atom is -0.313 e. The summed E-state index contributed by atoms with van der Waals surface area (Å²) >= 11 is 3.28. The predicted octanol–water partition coefficient (Wildman–Crippen LogP) is 0.977. The molecule has 146 valence electrons. The smallest absolute Gasteiger partial charge is 0.313 e. The molecule has 2 N–H and O–H groups in total. The molecule has 1 saturated carbocycles. The van der Waals surface area contributed by atoms with Crippen LogP contribution in [0.3, 0.4) is 0 Å². The molecule has 1 unspecified atom stereocenters. The van der Waals surface area contributed by atoms with Crippen molar-refractivity contribution in [2.75, 3.05) is 6.54 Å². The number of carbonyl (C=O) groups excluding carboxylic acids is 1. The van der Waals surface area contributed by atoms with Crippen LogP contribution in [0, 0.1) is 5.41 Å². The van der Waals surface area contributed by atoms with Crippen molar-refractivity contribution >= 4 is 42.9 Å². The van der Waals surface area contributed by atoms with E-state index in [1.165, 1.54) is 15.2 Å². The number of aryl methyl sites for hydroxylation is 2. The normalized spacial score (nSPS) is 21.5. The lowest BCUT2D eigenvalue weighted by molar-refractivity contribution is -0.125. The molecule has 1 aliphatic heterocycles. The van der Waals surface area contributed by atoms with E-state index >= 15 is 0 Å². The molecule has 1 atom stereocenters. The number of rotatable bonds is 4. The summed E-state index contributed by atoms with van der Waals surface area (Å²) in [5, 5.41) is 3.31. The van der Waals surface area contributed by atoms with E-state index in [9.17, 15) is 18.0 Å². The van der Waals surface area contributed by atoms with Crippen LogP contribution in [-0.2, 0) is 28.9 Å². The average Bonchev–Trinajstić information content (AvgIpc) is 3.19. The Kier molecular flexibility index (Phi) is 4.28. The number of aromatic nitrogens is 2. The van der Waals surface area contributed by atoms with E-state index in [2.05, 4.69) is 26.0 Å². The Morgan fingerprint density at radius 2 is 1.89 bits per heavy atom. The van der Waals surface area contributed by atoms with Crippen LogP contribution in [-0.4, -0.2) is 36.0 Å². The van der Waals surface area contributed by atoms with Gasteiger partial charge in [-0.2, -0.15) is 0 Å². The summed E-state index contributed by atoms with van der Waals surface area (Å²) in [6, 6.07) is 3.04. The van der Waals surface area contributed by atoms with Gasteiger partial charge >= 0.3 is 5.69 Å². The Morgan fingerprint density at radius 3 is 2.44 bits per heavy atom. The summed E-state index contributed by atoms with van der Waals surface area (Å²) in [5.41, 5.74) is 0.213. The van der Waals surface area contributed by atoms with Gasteiger partial charge in [0.05, 0.1) is 16.4 Å². The number of sulfonamides is 1. The first-order chi connectivity index (χ1) is 12.7. The van der Waals surface area contributed by atoms with Crippen molar-refractivity contribution in [1.29, 1.82) is 0 Å². The zero-order valence-electron chi connectivity index (χ0n) is 15.1. The van der Waals surface area contributed by atoms with Crippen molar-refractivity contribution < 1.29 is 13.2 Å². The lowest BCUT2D eigenvalue weighted by Crippen LogP contribution is -2.45. The van der Waals surface area contributed by atoms with Gasteiger partial charge in [0.15, 0.2) is 0 Å². The van der Waals surface area contributed by atoms with Gasteiger partial charge in [0, 0.05) is 24.6 Å². The maximum Gasteiger partial charge on any atom is 0.328 e. The Morgan fingerprint density at radius 1 is 1.26 bits per heavy atom. The molecule has 1 aromatic carbocycles. The average molecular weight is 457 g/mol. The molecule has 2 aliphatic rings. The second kappa shape index (κ2) is 6.18. The van der Waals surface area contributed by atoms with E-state index in [1.54, 1.807) is 20.2 Å². The molecule has 0 bridgehead atoms. The Hall–Kier alpha value is -1.65. The molecule has 1 aromatic heterocycles. The van der Waals surface area contributed by atoms with Gasteiger partial charge in [-0.05, 0) is 60.3 Å². The molecule has 0 radical (unpaired) electrons. The first-order valence-corrected chi connectivity index (χ1v) is 11.1. The summed E-state index contributed by atoms with van der Waals surface area (Å²) < 4.78 is 31.2. The number of nitrogens with one attached hydrogen (secondary N) is 2. The van der Waals surface area contributed by atoms with Crippen LogP contribution in [0.15, 0.2) is 26.3 Å². The molecule has 10 heteroatoms. The summed E-state index contributed by atoms with van der Waals surface area (Å²) in [6.07, 6.45) is 3.27.